The number of carbonyl (C=O) groups excluding carboxylic acids is 2. The molecule has 0 radical (unpaired) electrons. The molecule has 3 N–H and O–H groups in total. The Morgan fingerprint density at radius 3 is 1.62 bits per heavy atom. The lowest BCUT2D eigenvalue weighted by molar-refractivity contribution is 0.0633. The van der Waals surface area contributed by atoms with Crippen molar-refractivity contribution in [2.75, 3.05) is 24.9 Å². The molecule has 9 heteroatoms. The smallest absolute Gasteiger partial charge is 0.412 e. The van der Waals surface area contributed by atoms with Gasteiger partial charge in [0.1, 0.15) is 17.1 Å². The molecular weight excluding hydrogens is 440 g/mol. The Bertz CT molecular complexity index is 966. The number of methoxy groups -OCH3 is 2. The van der Waals surface area contributed by atoms with Crippen LogP contribution in [0.2, 0.25) is 0 Å². The minimum atomic E-state index is -1.23. The van der Waals surface area contributed by atoms with Crippen molar-refractivity contribution in [2.24, 2.45) is 0 Å². The van der Waals surface area contributed by atoms with Crippen molar-refractivity contribution in [2.45, 2.75) is 54.1 Å². The second-order valence-electron chi connectivity index (χ2n) is 7.15. The molecule has 0 aromatic heterocycles. The summed E-state index contributed by atoms with van der Waals surface area (Å²) in [5.74, 6) is -1.51. The van der Waals surface area contributed by atoms with Crippen LogP contribution in [-0.2, 0) is 4.74 Å². The van der Waals surface area contributed by atoms with Gasteiger partial charge in [-0.15, -0.1) is 0 Å². The molecule has 0 atom stereocenters. The lowest BCUT2D eigenvalue weighted by Gasteiger charge is -2.21. The van der Waals surface area contributed by atoms with Crippen LogP contribution in [0.3, 0.4) is 0 Å². The van der Waals surface area contributed by atoms with Gasteiger partial charge < -0.3 is 24.6 Å². The van der Waals surface area contributed by atoms with E-state index in [2.05, 4.69) is 10.6 Å². The van der Waals surface area contributed by atoms with Crippen molar-refractivity contribution in [1.82, 2.24) is 0 Å². The summed E-state index contributed by atoms with van der Waals surface area (Å²) >= 11 is 0. The van der Waals surface area contributed by atoms with Crippen molar-refractivity contribution in [3.63, 3.8) is 0 Å². The maximum Gasteiger partial charge on any atom is 0.412 e. The van der Waals surface area contributed by atoms with Crippen molar-refractivity contribution in [1.29, 1.82) is 0 Å². The molecule has 0 spiro atoms. The Morgan fingerprint density at radius 1 is 0.765 bits per heavy atom. The average molecular weight is 477 g/mol. The van der Waals surface area contributed by atoms with Crippen LogP contribution < -0.4 is 20.1 Å². The van der Waals surface area contributed by atoms with Gasteiger partial charge >= 0.3 is 12.1 Å². The minimum absolute atomic E-state index is 0.0106. The number of aromatic carboxylic acids is 1. The van der Waals surface area contributed by atoms with E-state index in [1.165, 1.54) is 38.5 Å². The first kappa shape index (κ1) is 30.2. The van der Waals surface area contributed by atoms with Gasteiger partial charge in [-0.05, 0) is 45.0 Å². The van der Waals surface area contributed by atoms with Crippen molar-refractivity contribution in [3.8, 4) is 11.5 Å². The molecule has 2 rings (SSSR count). The van der Waals surface area contributed by atoms with Crippen LogP contribution >= 0.6 is 0 Å². The number of nitrogens with one attached hydrogen (secondary N) is 2. The van der Waals surface area contributed by atoms with E-state index < -0.39 is 23.6 Å². The number of benzene rings is 2. The number of anilines is 2. The number of para-hydroxylation sites is 2. The summed E-state index contributed by atoms with van der Waals surface area (Å²) in [6.07, 6.45) is -0.774. The third-order valence-corrected chi connectivity index (χ3v) is 3.83. The fourth-order valence-electron chi connectivity index (χ4n) is 2.61. The van der Waals surface area contributed by atoms with Crippen molar-refractivity contribution >= 4 is 29.3 Å². The molecule has 0 saturated carbocycles. The predicted octanol–water partition coefficient (Wildman–Crippen LogP) is 6.05. The van der Waals surface area contributed by atoms with E-state index in [0.29, 0.717) is 0 Å². The number of hydrogen-bond donors (Lipinski definition) is 3. The first-order valence-electron chi connectivity index (χ1n) is 11.0. The molecule has 0 unspecified atom stereocenters. The quantitative estimate of drug-likeness (QED) is 0.463. The Morgan fingerprint density at radius 2 is 1.21 bits per heavy atom. The number of carbonyl (C=O) groups is 3. The third kappa shape index (κ3) is 8.65. The third-order valence-electron chi connectivity index (χ3n) is 3.83. The van der Waals surface area contributed by atoms with Gasteiger partial charge in [0.2, 0.25) is 0 Å². The van der Waals surface area contributed by atoms with Crippen LogP contribution in [0.25, 0.3) is 0 Å². The van der Waals surface area contributed by atoms with E-state index in [4.69, 9.17) is 14.2 Å². The van der Waals surface area contributed by atoms with Crippen LogP contribution in [0.1, 0.15) is 69.2 Å². The summed E-state index contributed by atoms with van der Waals surface area (Å²) in [5.41, 5.74) is -0.778. The largest absolute Gasteiger partial charge is 0.495 e. The van der Waals surface area contributed by atoms with Gasteiger partial charge in [0.05, 0.1) is 36.7 Å². The maximum absolute atomic E-state index is 13.0. The Labute approximate surface area is 201 Å². The van der Waals surface area contributed by atoms with E-state index >= 15 is 0 Å². The van der Waals surface area contributed by atoms with Gasteiger partial charge in [0.15, 0.2) is 0 Å². The van der Waals surface area contributed by atoms with Crippen LogP contribution in [0.5, 0.6) is 11.5 Å². The summed E-state index contributed by atoms with van der Waals surface area (Å²) < 4.78 is 15.7. The second kappa shape index (κ2) is 14.4. The normalized spacial score (nSPS) is 9.79. The fraction of sp³-hybridized carbons (Fsp3) is 0.400. The molecular formula is C25H36N2O7. The first-order valence-corrected chi connectivity index (χ1v) is 11.0. The Kier molecular flexibility index (Phi) is 12.8. The maximum atomic E-state index is 13.0. The summed E-state index contributed by atoms with van der Waals surface area (Å²) in [6.45, 7) is 13.1. The number of carboxylic acids is 1. The van der Waals surface area contributed by atoms with E-state index in [-0.39, 0.29) is 34.0 Å². The highest BCUT2D eigenvalue weighted by molar-refractivity contribution is 6.13. The van der Waals surface area contributed by atoms with Crippen molar-refractivity contribution < 1.29 is 33.7 Å². The van der Waals surface area contributed by atoms with Crippen LogP contribution in [-0.4, -0.2) is 42.9 Å². The molecule has 0 aliphatic carbocycles. The van der Waals surface area contributed by atoms with Gasteiger partial charge in [-0.1, -0.05) is 39.8 Å². The molecule has 188 valence electrons. The lowest BCUT2D eigenvalue weighted by atomic mass is 10.1. The Hall–Kier alpha value is -3.75. The first-order chi connectivity index (χ1) is 16.1. The predicted molar refractivity (Wildman–Crippen MR) is 133 cm³/mol. The molecule has 0 aliphatic heterocycles. The molecule has 2 amide bonds. The van der Waals surface area contributed by atoms with E-state index in [1.54, 1.807) is 32.9 Å². The van der Waals surface area contributed by atoms with Gasteiger partial charge in [0, 0.05) is 0 Å². The fourth-order valence-corrected chi connectivity index (χ4v) is 2.61. The monoisotopic (exact) mass is 476 g/mol. The van der Waals surface area contributed by atoms with Gasteiger partial charge in [-0.3, -0.25) is 10.1 Å². The van der Waals surface area contributed by atoms with Gasteiger partial charge in [-0.25, -0.2) is 9.59 Å². The molecule has 9 nitrogen and oxygen atoms in total. The number of amides is 2. The zero-order valence-electron chi connectivity index (χ0n) is 21.4. The molecule has 0 fully saturated rings. The summed E-state index contributed by atoms with van der Waals surface area (Å²) in [4.78, 5) is 36.8. The minimum Gasteiger partial charge on any atom is -0.495 e. The molecule has 0 aliphatic rings. The summed E-state index contributed by atoms with van der Waals surface area (Å²) in [6, 6.07) is 8.95. The zero-order valence-corrected chi connectivity index (χ0v) is 21.4. The zero-order chi connectivity index (χ0) is 26.5. The number of rotatable bonds is 6. The number of hydrogen-bond acceptors (Lipinski definition) is 6. The van der Waals surface area contributed by atoms with Crippen LogP contribution in [0.4, 0.5) is 16.2 Å². The Balaban J connectivity index is 0.00000258. The summed E-state index contributed by atoms with van der Waals surface area (Å²) in [7, 11) is 2.75. The highest BCUT2D eigenvalue weighted by Crippen LogP contribution is 2.32. The highest BCUT2D eigenvalue weighted by Gasteiger charge is 2.24. The molecule has 2 aromatic rings. The molecule has 2 aromatic carbocycles. The van der Waals surface area contributed by atoms with Crippen LogP contribution in [0, 0.1) is 0 Å². The number of carboxylic acid groups (broad SMARTS) is 1. The molecule has 0 saturated heterocycles. The van der Waals surface area contributed by atoms with E-state index in [9.17, 15) is 19.5 Å². The average Bonchev–Trinajstić information content (AvgIpc) is 2.80. The van der Waals surface area contributed by atoms with E-state index in [0.717, 1.165) is 0 Å². The van der Waals surface area contributed by atoms with Gasteiger partial charge in [-0.2, -0.15) is 0 Å². The topological polar surface area (TPSA) is 123 Å². The SMILES string of the molecule is CC.CC.COc1cccc(C(=O)O)c1NC(=O)c1cccc(OC)c1NC(=O)OC(C)(C)C. The standard InChI is InChI=1S/C21H24N2O7.2C2H6/c1-21(2,3)30-20(27)23-16-12(8-6-10-14(16)28-4)18(24)22-17-13(19(25)26)9-7-11-15(17)29-5;2*1-2/h6-11H,1-5H3,(H,22,24)(H,23,27)(H,25,26);2*1-2H3. The van der Waals surface area contributed by atoms with Crippen molar-refractivity contribution in [3.05, 3.63) is 47.5 Å². The summed E-state index contributed by atoms with van der Waals surface area (Å²) in [5, 5.41) is 14.5. The van der Waals surface area contributed by atoms with E-state index in [1.807, 2.05) is 27.7 Å². The number of ether oxygens (including phenoxy) is 3. The highest BCUT2D eigenvalue weighted by atomic mass is 16.6. The van der Waals surface area contributed by atoms with Crippen LogP contribution in [0.15, 0.2) is 36.4 Å². The molecule has 34 heavy (non-hydrogen) atoms. The molecule has 0 bridgehead atoms. The lowest BCUT2D eigenvalue weighted by Crippen LogP contribution is -2.28. The van der Waals surface area contributed by atoms with Gasteiger partial charge in [0.25, 0.3) is 5.91 Å². The second-order valence-corrected chi connectivity index (χ2v) is 7.15. The molecule has 0 heterocycles.